The predicted octanol–water partition coefficient (Wildman–Crippen LogP) is 3.90. The van der Waals surface area contributed by atoms with Crippen LogP contribution < -0.4 is 0 Å². The third kappa shape index (κ3) is 2.30. The van der Waals surface area contributed by atoms with Crippen LogP contribution in [0.4, 0.5) is 0 Å². The summed E-state index contributed by atoms with van der Waals surface area (Å²) in [5, 5.41) is 8.57. The quantitative estimate of drug-likeness (QED) is 0.620. The number of hydrogen-bond acceptors (Lipinski definition) is 2. The van der Waals surface area contributed by atoms with Gasteiger partial charge in [-0.15, -0.1) is 0 Å². The summed E-state index contributed by atoms with van der Waals surface area (Å²) in [6.07, 6.45) is -0.287. The molecule has 1 atom stereocenters. The van der Waals surface area contributed by atoms with E-state index in [0.29, 0.717) is 0 Å². The first-order valence-electron chi connectivity index (χ1n) is 5.27. The van der Waals surface area contributed by atoms with Gasteiger partial charge in [0.2, 0.25) is 0 Å². The molecule has 0 aliphatic heterocycles. The summed E-state index contributed by atoms with van der Waals surface area (Å²) in [4.78, 5) is 4.28. The van der Waals surface area contributed by atoms with Gasteiger partial charge in [0, 0.05) is 0 Å². The van der Waals surface area contributed by atoms with E-state index in [0.717, 1.165) is 11.1 Å². The molecule has 2 nitrogen and oxygen atoms in total. The van der Waals surface area contributed by atoms with Crippen LogP contribution in [0.5, 0.6) is 0 Å². The van der Waals surface area contributed by atoms with Crippen LogP contribution in [0.2, 0.25) is 0 Å². The molecule has 0 unspecified atom stereocenters. The second kappa shape index (κ2) is 4.92. The maximum atomic E-state index is 8.57. The Morgan fingerprint density at radius 2 is 1.44 bits per heavy atom. The molecule has 0 bridgehead atoms. The summed E-state index contributed by atoms with van der Waals surface area (Å²) in [7, 11) is 0. The molecule has 0 radical (unpaired) electrons. The highest BCUT2D eigenvalue weighted by molar-refractivity contribution is 5.63. The smallest absolute Gasteiger partial charge is 0.115 e. The van der Waals surface area contributed by atoms with Crippen LogP contribution in [-0.2, 0) is 4.89 Å². The van der Waals surface area contributed by atoms with E-state index in [9.17, 15) is 0 Å². The van der Waals surface area contributed by atoms with E-state index in [1.807, 2.05) is 42.5 Å². The SMILES string of the molecule is C[C@H](OO)c1ccc(-c2ccccc2)cc1. The third-order valence-corrected chi connectivity index (χ3v) is 2.65. The van der Waals surface area contributed by atoms with Crippen LogP contribution in [0, 0.1) is 0 Å². The van der Waals surface area contributed by atoms with Crippen molar-refractivity contribution in [2.24, 2.45) is 0 Å². The monoisotopic (exact) mass is 214 g/mol. The molecule has 2 heteroatoms. The van der Waals surface area contributed by atoms with Crippen LogP contribution >= 0.6 is 0 Å². The van der Waals surface area contributed by atoms with Gasteiger partial charge in [0.25, 0.3) is 0 Å². The van der Waals surface area contributed by atoms with Gasteiger partial charge in [-0.25, -0.2) is 4.89 Å². The first kappa shape index (κ1) is 10.9. The van der Waals surface area contributed by atoms with Gasteiger partial charge in [0.05, 0.1) is 0 Å². The third-order valence-electron chi connectivity index (χ3n) is 2.65. The minimum atomic E-state index is -0.287. The molecule has 0 aliphatic rings. The van der Waals surface area contributed by atoms with Crippen molar-refractivity contribution in [3.05, 3.63) is 60.2 Å². The van der Waals surface area contributed by atoms with Crippen molar-refractivity contribution in [2.45, 2.75) is 13.0 Å². The minimum Gasteiger partial charge on any atom is -0.251 e. The van der Waals surface area contributed by atoms with E-state index >= 15 is 0 Å². The van der Waals surface area contributed by atoms with Crippen molar-refractivity contribution in [2.75, 3.05) is 0 Å². The van der Waals surface area contributed by atoms with Crippen LogP contribution in [0.25, 0.3) is 11.1 Å². The van der Waals surface area contributed by atoms with Crippen LogP contribution in [0.1, 0.15) is 18.6 Å². The second-order valence-electron chi connectivity index (χ2n) is 3.74. The number of benzene rings is 2. The Morgan fingerprint density at radius 3 is 2.00 bits per heavy atom. The Balaban J connectivity index is 2.26. The largest absolute Gasteiger partial charge is 0.251 e. The van der Waals surface area contributed by atoms with Crippen LogP contribution in [-0.4, -0.2) is 5.26 Å². The maximum absolute atomic E-state index is 8.57. The van der Waals surface area contributed by atoms with Gasteiger partial charge in [-0.1, -0.05) is 54.6 Å². The van der Waals surface area contributed by atoms with Crippen LogP contribution in [0.3, 0.4) is 0 Å². The summed E-state index contributed by atoms with van der Waals surface area (Å²) in [5.41, 5.74) is 3.31. The molecular formula is C14H14O2. The lowest BCUT2D eigenvalue weighted by Crippen LogP contribution is -1.95. The van der Waals surface area contributed by atoms with Gasteiger partial charge in [0.1, 0.15) is 6.10 Å². The molecule has 1 N–H and O–H groups in total. The summed E-state index contributed by atoms with van der Waals surface area (Å²) in [6.45, 7) is 1.80. The topological polar surface area (TPSA) is 29.5 Å². The zero-order valence-electron chi connectivity index (χ0n) is 9.13. The van der Waals surface area contributed by atoms with Gasteiger partial charge in [-0.05, 0) is 23.6 Å². The summed E-state index contributed by atoms with van der Waals surface area (Å²) in [5.74, 6) is 0. The standard InChI is InChI=1S/C14H14O2/c1-11(16-15)12-7-9-14(10-8-12)13-5-3-2-4-6-13/h2-11,15H,1H3/t11-/m0/s1. The number of rotatable bonds is 3. The highest BCUT2D eigenvalue weighted by Crippen LogP contribution is 2.22. The van der Waals surface area contributed by atoms with E-state index in [1.165, 1.54) is 5.56 Å². The molecule has 0 aromatic heterocycles. The van der Waals surface area contributed by atoms with Crippen molar-refractivity contribution in [3.63, 3.8) is 0 Å². The molecule has 2 rings (SSSR count). The molecule has 82 valence electrons. The number of hydrogen-bond donors (Lipinski definition) is 1. The molecule has 0 spiro atoms. The van der Waals surface area contributed by atoms with E-state index < -0.39 is 0 Å². The first-order chi connectivity index (χ1) is 7.81. The van der Waals surface area contributed by atoms with Gasteiger partial charge < -0.3 is 0 Å². The highest BCUT2D eigenvalue weighted by Gasteiger charge is 2.04. The molecule has 0 saturated heterocycles. The van der Waals surface area contributed by atoms with E-state index in [2.05, 4.69) is 17.0 Å². The Hall–Kier alpha value is -1.64. The molecule has 2 aromatic carbocycles. The lowest BCUT2D eigenvalue weighted by Gasteiger charge is -2.08. The van der Waals surface area contributed by atoms with Crippen molar-refractivity contribution in [1.82, 2.24) is 0 Å². The van der Waals surface area contributed by atoms with Crippen molar-refractivity contribution >= 4 is 0 Å². The summed E-state index contributed by atoms with van der Waals surface area (Å²) in [6, 6.07) is 18.2. The molecule has 0 saturated carbocycles. The Morgan fingerprint density at radius 1 is 0.875 bits per heavy atom. The molecule has 0 aliphatic carbocycles. The van der Waals surface area contributed by atoms with Crippen LogP contribution in [0.15, 0.2) is 54.6 Å². The van der Waals surface area contributed by atoms with Gasteiger partial charge in [-0.3, -0.25) is 5.26 Å². The maximum Gasteiger partial charge on any atom is 0.115 e. The lowest BCUT2D eigenvalue weighted by atomic mass is 10.0. The Kier molecular flexibility index (Phi) is 3.34. The molecule has 0 fully saturated rings. The fourth-order valence-corrected chi connectivity index (χ4v) is 1.64. The normalized spacial score (nSPS) is 12.4. The van der Waals surface area contributed by atoms with E-state index in [-0.39, 0.29) is 6.10 Å². The molecule has 0 heterocycles. The molecule has 0 amide bonds. The fraction of sp³-hybridized carbons (Fsp3) is 0.143. The van der Waals surface area contributed by atoms with Gasteiger partial charge >= 0.3 is 0 Å². The molecular weight excluding hydrogens is 200 g/mol. The highest BCUT2D eigenvalue weighted by atomic mass is 17.1. The second-order valence-corrected chi connectivity index (χ2v) is 3.74. The van der Waals surface area contributed by atoms with Gasteiger partial charge in [-0.2, -0.15) is 0 Å². The fourth-order valence-electron chi connectivity index (χ4n) is 1.64. The van der Waals surface area contributed by atoms with Crippen molar-refractivity contribution in [1.29, 1.82) is 0 Å². The molecule has 2 aromatic rings. The zero-order valence-corrected chi connectivity index (χ0v) is 9.13. The van der Waals surface area contributed by atoms with Gasteiger partial charge in [0.15, 0.2) is 0 Å². The molecule has 16 heavy (non-hydrogen) atoms. The Labute approximate surface area is 95.1 Å². The predicted molar refractivity (Wildman–Crippen MR) is 64.0 cm³/mol. The average molecular weight is 214 g/mol. The minimum absolute atomic E-state index is 0.287. The first-order valence-corrected chi connectivity index (χ1v) is 5.27. The summed E-state index contributed by atoms with van der Waals surface area (Å²) >= 11 is 0. The van der Waals surface area contributed by atoms with Crippen molar-refractivity contribution < 1.29 is 10.1 Å². The zero-order chi connectivity index (χ0) is 11.4. The average Bonchev–Trinajstić information content (AvgIpc) is 2.39. The van der Waals surface area contributed by atoms with E-state index in [1.54, 1.807) is 6.92 Å². The van der Waals surface area contributed by atoms with E-state index in [4.69, 9.17) is 5.26 Å². The van der Waals surface area contributed by atoms with Crippen molar-refractivity contribution in [3.8, 4) is 11.1 Å². The lowest BCUT2D eigenvalue weighted by molar-refractivity contribution is -0.277. The Bertz CT molecular complexity index is 434. The summed E-state index contributed by atoms with van der Waals surface area (Å²) < 4.78 is 0.